The van der Waals surface area contributed by atoms with Crippen molar-refractivity contribution in [1.29, 1.82) is 0 Å². The number of rotatable bonds is 3. The van der Waals surface area contributed by atoms with E-state index in [1.165, 1.54) is 11.3 Å². The van der Waals surface area contributed by atoms with Gasteiger partial charge in [-0.05, 0) is 24.8 Å². The van der Waals surface area contributed by atoms with Crippen LogP contribution in [0.1, 0.15) is 31.2 Å². The minimum Gasteiger partial charge on any atom is -0.358 e. The van der Waals surface area contributed by atoms with Crippen LogP contribution in [-0.2, 0) is 0 Å². The summed E-state index contributed by atoms with van der Waals surface area (Å²) < 4.78 is 0. The molecule has 0 saturated carbocycles. The Kier molecular flexibility index (Phi) is 3.70. The summed E-state index contributed by atoms with van der Waals surface area (Å²) >= 11 is 3.67. The highest BCUT2D eigenvalue weighted by molar-refractivity contribution is 8.14. The van der Waals surface area contributed by atoms with Gasteiger partial charge in [0.1, 0.15) is 0 Å². The van der Waals surface area contributed by atoms with Crippen LogP contribution in [0.25, 0.3) is 0 Å². The van der Waals surface area contributed by atoms with Gasteiger partial charge in [-0.2, -0.15) is 0 Å². The normalized spacial score (nSPS) is 22.5. The molecule has 2 atom stereocenters. The predicted octanol–water partition coefficient (Wildman–Crippen LogP) is 3.28. The van der Waals surface area contributed by atoms with Crippen molar-refractivity contribution in [3.05, 3.63) is 22.4 Å². The maximum absolute atomic E-state index is 4.51. The maximum Gasteiger partial charge on any atom is 0.157 e. The summed E-state index contributed by atoms with van der Waals surface area (Å²) in [5.41, 5.74) is 0. The van der Waals surface area contributed by atoms with Crippen LogP contribution in [0.2, 0.25) is 0 Å². The first-order chi connectivity index (χ1) is 7.29. The Balaban J connectivity index is 1.88. The lowest BCUT2D eigenvalue weighted by atomic mass is 10.3. The molecule has 1 aromatic rings. The molecule has 4 heteroatoms. The Morgan fingerprint density at radius 2 is 2.53 bits per heavy atom. The van der Waals surface area contributed by atoms with E-state index in [-0.39, 0.29) is 0 Å². The van der Waals surface area contributed by atoms with Gasteiger partial charge < -0.3 is 5.32 Å². The molecule has 1 N–H and O–H groups in total. The SMILES string of the molecule is CCC1CN=C(NC(C)c2cccs2)S1. The molecule has 0 aliphatic carbocycles. The summed E-state index contributed by atoms with van der Waals surface area (Å²) in [6.07, 6.45) is 1.20. The molecule has 1 aromatic heterocycles. The number of thioether (sulfide) groups is 1. The largest absolute Gasteiger partial charge is 0.358 e. The second-order valence-electron chi connectivity index (χ2n) is 3.68. The Labute approximate surface area is 99.2 Å². The minimum absolute atomic E-state index is 0.381. The van der Waals surface area contributed by atoms with Gasteiger partial charge in [-0.1, -0.05) is 24.8 Å². The van der Waals surface area contributed by atoms with Crippen molar-refractivity contribution in [2.24, 2.45) is 4.99 Å². The highest BCUT2D eigenvalue weighted by atomic mass is 32.2. The van der Waals surface area contributed by atoms with E-state index in [0.29, 0.717) is 11.3 Å². The van der Waals surface area contributed by atoms with Crippen molar-refractivity contribution in [2.45, 2.75) is 31.6 Å². The lowest BCUT2D eigenvalue weighted by molar-refractivity contribution is 0.737. The fourth-order valence-electron chi connectivity index (χ4n) is 1.50. The quantitative estimate of drug-likeness (QED) is 0.877. The van der Waals surface area contributed by atoms with Crippen LogP contribution in [0.5, 0.6) is 0 Å². The smallest absolute Gasteiger partial charge is 0.157 e. The van der Waals surface area contributed by atoms with Crippen molar-refractivity contribution in [3.8, 4) is 0 Å². The van der Waals surface area contributed by atoms with Crippen LogP contribution in [0.3, 0.4) is 0 Å². The van der Waals surface area contributed by atoms with Crippen LogP contribution in [0, 0.1) is 0 Å². The first-order valence-corrected chi connectivity index (χ1v) is 7.06. The van der Waals surface area contributed by atoms with Gasteiger partial charge in [0.15, 0.2) is 5.17 Å². The van der Waals surface area contributed by atoms with E-state index in [0.717, 1.165) is 11.7 Å². The Hall–Kier alpha value is -0.480. The summed E-state index contributed by atoms with van der Waals surface area (Å²) in [7, 11) is 0. The third kappa shape index (κ3) is 2.75. The molecule has 0 spiro atoms. The highest BCUT2D eigenvalue weighted by Crippen LogP contribution is 2.25. The highest BCUT2D eigenvalue weighted by Gasteiger charge is 2.19. The lowest BCUT2D eigenvalue weighted by Gasteiger charge is -2.13. The summed E-state index contributed by atoms with van der Waals surface area (Å²) in [5, 5.41) is 7.38. The number of amidine groups is 1. The first kappa shape index (κ1) is 11.0. The standard InChI is InChI=1S/C11H16N2S2/c1-3-9-7-12-11(15-9)13-8(2)10-5-4-6-14-10/h4-6,8-9H,3,7H2,1-2H3,(H,12,13). The fraction of sp³-hybridized carbons (Fsp3) is 0.545. The topological polar surface area (TPSA) is 24.4 Å². The van der Waals surface area contributed by atoms with Crippen LogP contribution in [-0.4, -0.2) is 17.0 Å². The molecule has 2 nitrogen and oxygen atoms in total. The third-order valence-corrected chi connectivity index (χ3v) is 4.82. The van der Waals surface area contributed by atoms with Crippen LogP contribution < -0.4 is 5.32 Å². The molecular formula is C11H16N2S2. The van der Waals surface area contributed by atoms with E-state index in [2.05, 4.69) is 41.7 Å². The average molecular weight is 240 g/mol. The molecule has 0 radical (unpaired) electrons. The summed E-state index contributed by atoms with van der Waals surface area (Å²) in [5.74, 6) is 0. The van der Waals surface area contributed by atoms with Gasteiger partial charge in [0.25, 0.3) is 0 Å². The molecule has 0 aromatic carbocycles. The molecule has 0 fully saturated rings. The van der Waals surface area contributed by atoms with E-state index in [4.69, 9.17) is 0 Å². The summed E-state index contributed by atoms with van der Waals surface area (Å²) in [6.45, 7) is 5.38. The second-order valence-corrected chi connectivity index (χ2v) is 5.94. The molecule has 1 aliphatic heterocycles. The van der Waals surface area contributed by atoms with Gasteiger partial charge in [-0.15, -0.1) is 11.3 Å². The monoisotopic (exact) mass is 240 g/mol. The Morgan fingerprint density at radius 1 is 1.67 bits per heavy atom. The van der Waals surface area contributed by atoms with Gasteiger partial charge in [0.2, 0.25) is 0 Å². The fourth-order valence-corrected chi connectivity index (χ4v) is 3.26. The summed E-state index contributed by atoms with van der Waals surface area (Å²) in [6, 6.07) is 4.64. The van der Waals surface area contributed by atoms with Crippen LogP contribution in [0.4, 0.5) is 0 Å². The zero-order valence-corrected chi connectivity index (χ0v) is 10.7. The maximum atomic E-state index is 4.51. The zero-order valence-electron chi connectivity index (χ0n) is 9.06. The molecule has 1 aliphatic rings. The number of thiophene rings is 1. The number of hydrogen-bond donors (Lipinski definition) is 1. The van der Waals surface area contributed by atoms with Crippen molar-refractivity contribution < 1.29 is 0 Å². The number of nitrogens with zero attached hydrogens (tertiary/aromatic N) is 1. The van der Waals surface area contributed by atoms with E-state index >= 15 is 0 Å². The van der Waals surface area contributed by atoms with Crippen molar-refractivity contribution in [3.63, 3.8) is 0 Å². The Bertz CT molecular complexity index is 332. The number of hydrogen-bond acceptors (Lipinski definition) is 4. The van der Waals surface area contributed by atoms with Gasteiger partial charge in [-0.3, -0.25) is 4.99 Å². The molecule has 2 unspecified atom stereocenters. The second kappa shape index (κ2) is 5.03. The third-order valence-electron chi connectivity index (χ3n) is 2.48. The van der Waals surface area contributed by atoms with Crippen molar-refractivity contribution in [1.82, 2.24) is 5.32 Å². The van der Waals surface area contributed by atoms with E-state index in [1.54, 1.807) is 11.3 Å². The summed E-state index contributed by atoms with van der Waals surface area (Å²) in [4.78, 5) is 5.88. The molecule has 0 saturated heterocycles. The molecule has 82 valence electrons. The van der Waals surface area contributed by atoms with Crippen molar-refractivity contribution >= 4 is 28.3 Å². The molecule has 2 heterocycles. The predicted molar refractivity (Wildman–Crippen MR) is 69.8 cm³/mol. The van der Waals surface area contributed by atoms with Crippen molar-refractivity contribution in [2.75, 3.05) is 6.54 Å². The van der Waals surface area contributed by atoms with Crippen LogP contribution in [0.15, 0.2) is 22.5 Å². The first-order valence-electron chi connectivity index (χ1n) is 5.30. The number of aliphatic imine (C=N–C) groups is 1. The van der Waals surface area contributed by atoms with Crippen LogP contribution >= 0.6 is 23.1 Å². The van der Waals surface area contributed by atoms with Gasteiger partial charge in [0.05, 0.1) is 12.6 Å². The Morgan fingerprint density at radius 3 is 3.13 bits per heavy atom. The molecular weight excluding hydrogens is 224 g/mol. The zero-order chi connectivity index (χ0) is 10.7. The molecule has 0 bridgehead atoms. The van der Waals surface area contributed by atoms with Gasteiger partial charge in [-0.25, -0.2) is 0 Å². The van der Waals surface area contributed by atoms with E-state index < -0.39 is 0 Å². The van der Waals surface area contributed by atoms with Gasteiger partial charge >= 0.3 is 0 Å². The number of nitrogens with one attached hydrogen (secondary N) is 1. The molecule has 15 heavy (non-hydrogen) atoms. The minimum atomic E-state index is 0.381. The van der Waals surface area contributed by atoms with E-state index in [9.17, 15) is 0 Å². The average Bonchev–Trinajstić information content (AvgIpc) is 2.87. The lowest BCUT2D eigenvalue weighted by Crippen LogP contribution is -2.22. The van der Waals surface area contributed by atoms with E-state index in [1.807, 2.05) is 11.8 Å². The molecule has 2 rings (SSSR count). The van der Waals surface area contributed by atoms with Gasteiger partial charge in [0, 0.05) is 10.1 Å². The molecule has 0 amide bonds.